The SMILES string of the molecule is Cc1ccc(-c2c(C)nc(Nc3ccc(-c4ccccc4)cc3)c(C)c2C(OC(C)(C)C)C(=O)O)cc1C. The normalized spacial score (nSPS) is 12.3. The average molecular weight is 509 g/mol. The molecule has 0 spiro atoms. The van der Waals surface area contributed by atoms with Gasteiger partial charge in [-0.3, -0.25) is 0 Å². The molecule has 3 aromatic carbocycles. The van der Waals surface area contributed by atoms with Crippen LogP contribution in [0.5, 0.6) is 0 Å². The summed E-state index contributed by atoms with van der Waals surface area (Å²) in [4.78, 5) is 17.5. The van der Waals surface area contributed by atoms with Crippen LogP contribution in [0.15, 0.2) is 72.8 Å². The molecule has 0 saturated heterocycles. The van der Waals surface area contributed by atoms with Crippen LogP contribution in [0, 0.1) is 27.7 Å². The van der Waals surface area contributed by atoms with Crippen molar-refractivity contribution in [1.29, 1.82) is 0 Å². The summed E-state index contributed by atoms with van der Waals surface area (Å²) in [5.74, 6) is -0.418. The van der Waals surface area contributed by atoms with Gasteiger partial charge in [-0.2, -0.15) is 0 Å². The molecule has 5 nitrogen and oxygen atoms in total. The van der Waals surface area contributed by atoms with E-state index >= 15 is 0 Å². The van der Waals surface area contributed by atoms with Crippen LogP contribution in [0.4, 0.5) is 11.5 Å². The van der Waals surface area contributed by atoms with Crippen molar-refractivity contribution in [3.63, 3.8) is 0 Å². The number of hydrogen-bond acceptors (Lipinski definition) is 4. The quantitative estimate of drug-likeness (QED) is 0.262. The minimum atomic E-state index is -1.16. The Morgan fingerprint density at radius 1 is 0.842 bits per heavy atom. The van der Waals surface area contributed by atoms with E-state index in [4.69, 9.17) is 9.72 Å². The van der Waals surface area contributed by atoms with Crippen LogP contribution in [0.2, 0.25) is 0 Å². The standard InChI is InChI=1S/C33H36N2O3/c1-20-13-14-26(19-21(20)2)29-23(4)34-31(22(3)28(29)30(32(36)37)38-33(5,6)7)35-27-17-15-25(16-18-27)24-11-9-8-10-12-24/h8-19,30H,1-7H3,(H,34,35)(H,36,37). The van der Waals surface area contributed by atoms with Gasteiger partial charge in [0.25, 0.3) is 0 Å². The molecule has 0 aliphatic heterocycles. The maximum atomic E-state index is 12.6. The van der Waals surface area contributed by atoms with Crippen LogP contribution < -0.4 is 5.32 Å². The number of benzene rings is 3. The lowest BCUT2D eigenvalue weighted by Crippen LogP contribution is -2.28. The van der Waals surface area contributed by atoms with Crippen molar-refractivity contribution >= 4 is 17.5 Å². The number of nitrogens with zero attached hydrogens (tertiary/aromatic N) is 1. The molecule has 1 heterocycles. The first-order valence-electron chi connectivity index (χ1n) is 12.9. The Morgan fingerprint density at radius 2 is 1.45 bits per heavy atom. The number of ether oxygens (including phenoxy) is 1. The van der Waals surface area contributed by atoms with Gasteiger partial charge < -0.3 is 15.2 Å². The van der Waals surface area contributed by atoms with E-state index in [9.17, 15) is 9.90 Å². The summed E-state index contributed by atoms with van der Waals surface area (Å²) in [6.07, 6.45) is -1.16. The Hall–Kier alpha value is -3.96. The lowest BCUT2D eigenvalue weighted by atomic mass is 9.89. The summed E-state index contributed by atoms with van der Waals surface area (Å²) in [7, 11) is 0. The molecule has 5 heteroatoms. The fraction of sp³-hybridized carbons (Fsp3) is 0.273. The van der Waals surface area contributed by atoms with Crippen LogP contribution in [-0.4, -0.2) is 21.7 Å². The summed E-state index contributed by atoms with van der Waals surface area (Å²) in [5, 5.41) is 13.8. The van der Waals surface area contributed by atoms with Crippen LogP contribution in [0.25, 0.3) is 22.3 Å². The molecule has 1 unspecified atom stereocenters. The van der Waals surface area contributed by atoms with Crippen molar-refractivity contribution in [3.8, 4) is 22.3 Å². The molecule has 1 aromatic heterocycles. The number of pyridine rings is 1. The zero-order valence-corrected chi connectivity index (χ0v) is 23.2. The highest BCUT2D eigenvalue weighted by molar-refractivity contribution is 5.84. The average Bonchev–Trinajstić information content (AvgIpc) is 2.86. The zero-order chi connectivity index (χ0) is 27.6. The maximum absolute atomic E-state index is 12.6. The van der Waals surface area contributed by atoms with Gasteiger partial charge in [-0.05, 0) is 94.0 Å². The van der Waals surface area contributed by atoms with Crippen molar-refractivity contribution in [2.75, 3.05) is 5.32 Å². The minimum absolute atomic E-state index is 0.612. The lowest BCUT2D eigenvalue weighted by molar-refractivity contribution is -0.160. The molecule has 4 rings (SSSR count). The molecule has 4 aromatic rings. The summed E-state index contributed by atoms with van der Waals surface area (Å²) in [5.41, 5.74) is 8.61. The minimum Gasteiger partial charge on any atom is -0.479 e. The van der Waals surface area contributed by atoms with E-state index in [2.05, 4.69) is 55.6 Å². The number of aliphatic carboxylic acids is 1. The third kappa shape index (κ3) is 5.95. The monoisotopic (exact) mass is 508 g/mol. The van der Waals surface area contributed by atoms with E-state index in [1.807, 2.05) is 71.0 Å². The molecule has 0 aliphatic rings. The van der Waals surface area contributed by atoms with Crippen molar-refractivity contribution in [3.05, 3.63) is 101 Å². The Labute approximate surface area is 225 Å². The molecule has 0 bridgehead atoms. The van der Waals surface area contributed by atoms with Gasteiger partial charge in [-0.25, -0.2) is 9.78 Å². The molecular formula is C33H36N2O3. The van der Waals surface area contributed by atoms with Crippen molar-refractivity contribution in [1.82, 2.24) is 4.98 Å². The maximum Gasteiger partial charge on any atom is 0.337 e. The number of anilines is 2. The number of rotatable bonds is 7. The van der Waals surface area contributed by atoms with E-state index < -0.39 is 17.7 Å². The van der Waals surface area contributed by atoms with E-state index in [0.29, 0.717) is 11.4 Å². The molecule has 0 fully saturated rings. The van der Waals surface area contributed by atoms with Crippen LogP contribution in [0.3, 0.4) is 0 Å². The second-order valence-corrected chi connectivity index (χ2v) is 10.8. The predicted molar refractivity (Wildman–Crippen MR) is 155 cm³/mol. The highest BCUT2D eigenvalue weighted by Crippen LogP contribution is 2.40. The Morgan fingerprint density at radius 3 is 2.03 bits per heavy atom. The van der Waals surface area contributed by atoms with Crippen LogP contribution >= 0.6 is 0 Å². The number of aromatic nitrogens is 1. The van der Waals surface area contributed by atoms with Gasteiger partial charge in [0.2, 0.25) is 0 Å². The number of aryl methyl sites for hydroxylation is 3. The first-order chi connectivity index (χ1) is 17.9. The Bertz CT molecular complexity index is 1450. The molecule has 0 amide bonds. The first kappa shape index (κ1) is 27.1. The van der Waals surface area contributed by atoms with Crippen molar-refractivity contribution in [2.24, 2.45) is 0 Å². The largest absolute Gasteiger partial charge is 0.479 e. The Balaban J connectivity index is 1.83. The van der Waals surface area contributed by atoms with Gasteiger partial charge in [0.15, 0.2) is 6.10 Å². The topological polar surface area (TPSA) is 71.5 Å². The smallest absolute Gasteiger partial charge is 0.337 e. The molecule has 0 radical (unpaired) electrons. The van der Waals surface area contributed by atoms with E-state index in [0.717, 1.165) is 44.8 Å². The number of carboxylic acid groups (broad SMARTS) is 1. The molecule has 1 atom stereocenters. The summed E-state index contributed by atoms with van der Waals surface area (Å²) >= 11 is 0. The molecule has 2 N–H and O–H groups in total. The third-order valence-corrected chi connectivity index (χ3v) is 6.68. The van der Waals surface area contributed by atoms with Gasteiger partial charge >= 0.3 is 5.97 Å². The molecule has 0 saturated carbocycles. The van der Waals surface area contributed by atoms with Gasteiger partial charge in [-0.1, -0.05) is 60.7 Å². The zero-order valence-electron chi connectivity index (χ0n) is 23.2. The number of carbonyl (C=O) groups is 1. The number of carboxylic acids is 1. The summed E-state index contributed by atoms with van der Waals surface area (Å²) in [6.45, 7) is 13.6. The van der Waals surface area contributed by atoms with Crippen molar-refractivity contribution in [2.45, 2.75) is 60.2 Å². The van der Waals surface area contributed by atoms with Crippen molar-refractivity contribution < 1.29 is 14.6 Å². The van der Waals surface area contributed by atoms with E-state index in [-0.39, 0.29) is 0 Å². The van der Waals surface area contributed by atoms with E-state index in [1.165, 1.54) is 5.56 Å². The van der Waals surface area contributed by atoms with Gasteiger partial charge in [0.05, 0.1) is 5.60 Å². The van der Waals surface area contributed by atoms with Gasteiger partial charge in [0, 0.05) is 22.5 Å². The predicted octanol–water partition coefficient (Wildman–Crippen LogP) is 8.33. The first-order valence-corrected chi connectivity index (χ1v) is 12.9. The number of nitrogens with one attached hydrogen (secondary N) is 1. The lowest BCUT2D eigenvalue weighted by Gasteiger charge is -2.29. The second-order valence-electron chi connectivity index (χ2n) is 10.8. The van der Waals surface area contributed by atoms with Crippen LogP contribution in [0.1, 0.15) is 54.8 Å². The van der Waals surface area contributed by atoms with E-state index in [1.54, 1.807) is 0 Å². The summed E-state index contributed by atoms with van der Waals surface area (Å²) < 4.78 is 6.15. The Kier molecular flexibility index (Phi) is 7.70. The molecular weight excluding hydrogens is 472 g/mol. The highest BCUT2D eigenvalue weighted by Gasteiger charge is 2.33. The molecule has 196 valence electrons. The third-order valence-electron chi connectivity index (χ3n) is 6.68. The van der Waals surface area contributed by atoms with Gasteiger partial charge in [0.1, 0.15) is 5.82 Å². The van der Waals surface area contributed by atoms with Crippen LogP contribution in [-0.2, 0) is 9.53 Å². The fourth-order valence-corrected chi connectivity index (χ4v) is 4.63. The summed E-state index contributed by atoms with van der Waals surface area (Å²) in [6, 6.07) is 24.5. The fourth-order valence-electron chi connectivity index (χ4n) is 4.63. The molecule has 0 aliphatic carbocycles. The van der Waals surface area contributed by atoms with Gasteiger partial charge in [-0.15, -0.1) is 0 Å². The highest BCUT2D eigenvalue weighted by atomic mass is 16.5. The number of hydrogen-bond donors (Lipinski definition) is 2. The second kappa shape index (κ2) is 10.8. The molecule has 38 heavy (non-hydrogen) atoms.